The quantitative estimate of drug-likeness (QED) is 0.604. The SMILES string of the molecule is CCCCCC[NH+]1CCCC(C)C1.CS(=O)(=O)[O-]. The van der Waals surface area contributed by atoms with Gasteiger partial charge in [-0.1, -0.05) is 26.7 Å². The molecule has 0 aliphatic carbocycles. The highest BCUT2D eigenvalue weighted by Crippen LogP contribution is 2.05. The maximum absolute atomic E-state index is 9.08. The third-order valence-corrected chi connectivity index (χ3v) is 3.25. The van der Waals surface area contributed by atoms with Crippen molar-refractivity contribution >= 4 is 10.1 Å². The van der Waals surface area contributed by atoms with Crippen molar-refractivity contribution in [3.63, 3.8) is 0 Å². The summed E-state index contributed by atoms with van der Waals surface area (Å²) in [6.45, 7) is 9.01. The Morgan fingerprint density at radius 1 is 1.28 bits per heavy atom. The molecule has 1 N–H and O–H groups in total. The summed E-state index contributed by atoms with van der Waals surface area (Å²) < 4.78 is 27.2. The Morgan fingerprint density at radius 3 is 2.39 bits per heavy atom. The lowest BCUT2D eigenvalue weighted by molar-refractivity contribution is -0.908. The molecule has 4 nitrogen and oxygen atoms in total. The third-order valence-electron chi connectivity index (χ3n) is 3.25. The minimum Gasteiger partial charge on any atom is -0.748 e. The first kappa shape index (κ1) is 17.9. The number of piperidine rings is 1. The predicted octanol–water partition coefficient (Wildman–Crippen LogP) is 1.04. The van der Waals surface area contributed by atoms with Gasteiger partial charge >= 0.3 is 0 Å². The van der Waals surface area contributed by atoms with E-state index in [0.29, 0.717) is 6.26 Å². The van der Waals surface area contributed by atoms with E-state index in [1.807, 2.05) is 4.90 Å². The van der Waals surface area contributed by atoms with Crippen molar-refractivity contribution in [2.45, 2.75) is 52.4 Å². The Kier molecular flexibility index (Phi) is 9.68. The van der Waals surface area contributed by atoms with Crippen LogP contribution in [-0.4, -0.2) is 38.9 Å². The monoisotopic (exact) mass is 279 g/mol. The van der Waals surface area contributed by atoms with Crippen LogP contribution >= 0.6 is 0 Å². The number of rotatable bonds is 5. The highest BCUT2D eigenvalue weighted by atomic mass is 32.2. The average molecular weight is 279 g/mol. The fourth-order valence-electron chi connectivity index (χ4n) is 2.43. The van der Waals surface area contributed by atoms with Crippen LogP contribution in [0.5, 0.6) is 0 Å². The van der Waals surface area contributed by atoms with E-state index >= 15 is 0 Å². The predicted molar refractivity (Wildman–Crippen MR) is 73.7 cm³/mol. The normalized spacial score (nSPS) is 24.2. The van der Waals surface area contributed by atoms with Crippen LogP contribution in [0.1, 0.15) is 52.4 Å². The molecule has 0 radical (unpaired) electrons. The summed E-state index contributed by atoms with van der Waals surface area (Å²) in [4.78, 5) is 1.87. The molecule has 2 unspecified atom stereocenters. The number of quaternary nitrogens is 1. The molecule has 1 aliphatic heterocycles. The molecule has 1 aliphatic rings. The fraction of sp³-hybridized carbons (Fsp3) is 1.00. The van der Waals surface area contributed by atoms with Gasteiger partial charge in [0.1, 0.15) is 0 Å². The molecule has 110 valence electrons. The summed E-state index contributed by atoms with van der Waals surface area (Å²) in [5, 5.41) is 0. The van der Waals surface area contributed by atoms with E-state index in [1.165, 1.54) is 58.2 Å². The molecule has 1 rings (SSSR count). The van der Waals surface area contributed by atoms with Crippen molar-refractivity contribution in [2.24, 2.45) is 5.92 Å². The van der Waals surface area contributed by atoms with Gasteiger partial charge in [-0.05, 0) is 25.7 Å². The third kappa shape index (κ3) is 13.9. The van der Waals surface area contributed by atoms with Crippen LogP contribution in [0.25, 0.3) is 0 Å². The van der Waals surface area contributed by atoms with Gasteiger partial charge in [-0.15, -0.1) is 0 Å². The Hall–Kier alpha value is -0.130. The minimum atomic E-state index is -3.92. The van der Waals surface area contributed by atoms with E-state index in [9.17, 15) is 0 Å². The minimum absolute atomic E-state index is 0.604. The smallest absolute Gasteiger partial charge is 0.0916 e. The molecule has 5 heteroatoms. The molecule has 0 aromatic carbocycles. The Morgan fingerprint density at radius 2 is 1.89 bits per heavy atom. The molecular formula is C13H29NO3S. The maximum atomic E-state index is 9.08. The lowest BCUT2D eigenvalue weighted by Crippen LogP contribution is -3.13. The van der Waals surface area contributed by atoms with Gasteiger partial charge in [0.25, 0.3) is 0 Å². The zero-order valence-corrected chi connectivity index (χ0v) is 12.9. The lowest BCUT2D eigenvalue weighted by atomic mass is 10.00. The molecule has 1 fully saturated rings. The van der Waals surface area contributed by atoms with Gasteiger partial charge in [-0.25, -0.2) is 8.42 Å². The number of likely N-dealkylation sites (tertiary alicyclic amines) is 1. The summed E-state index contributed by atoms with van der Waals surface area (Å²) >= 11 is 0. The second-order valence-corrected chi connectivity index (χ2v) is 6.87. The Balaban J connectivity index is 0.000000494. The van der Waals surface area contributed by atoms with E-state index in [1.54, 1.807) is 0 Å². The molecule has 0 aromatic heterocycles. The summed E-state index contributed by atoms with van der Waals surface area (Å²) in [5.41, 5.74) is 0. The topological polar surface area (TPSA) is 61.6 Å². The van der Waals surface area contributed by atoms with Crippen LogP contribution in [0.3, 0.4) is 0 Å². The van der Waals surface area contributed by atoms with Gasteiger partial charge in [0, 0.05) is 12.2 Å². The highest BCUT2D eigenvalue weighted by molar-refractivity contribution is 7.84. The van der Waals surface area contributed by atoms with Crippen molar-refractivity contribution in [3.05, 3.63) is 0 Å². The fourth-order valence-corrected chi connectivity index (χ4v) is 2.43. The molecular weight excluding hydrogens is 250 g/mol. The van der Waals surface area contributed by atoms with E-state index in [2.05, 4.69) is 13.8 Å². The molecule has 0 spiro atoms. The molecule has 1 saturated heterocycles. The van der Waals surface area contributed by atoms with Gasteiger partial charge in [0.05, 0.1) is 29.8 Å². The van der Waals surface area contributed by atoms with Gasteiger partial charge < -0.3 is 9.45 Å². The molecule has 0 amide bonds. The van der Waals surface area contributed by atoms with Crippen LogP contribution in [-0.2, 0) is 10.1 Å². The first-order valence-electron chi connectivity index (χ1n) is 7.07. The second-order valence-electron chi connectivity index (χ2n) is 5.47. The molecule has 2 atom stereocenters. The van der Waals surface area contributed by atoms with Crippen LogP contribution < -0.4 is 4.90 Å². The molecule has 0 aromatic rings. The van der Waals surface area contributed by atoms with Crippen LogP contribution in [0, 0.1) is 5.92 Å². The van der Waals surface area contributed by atoms with Crippen LogP contribution in [0.4, 0.5) is 0 Å². The summed E-state index contributed by atoms with van der Waals surface area (Å²) in [6.07, 6.45) is 9.24. The van der Waals surface area contributed by atoms with Crippen LogP contribution in [0.2, 0.25) is 0 Å². The first-order chi connectivity index (χ1) is 8.33. The highest BCUT2D eigenvalue weighted by Gasteiger charge is 2.18. The van der Waals surface area contributed by atoms with Crippen molar-refractivity contribution in [3.8, 4) is 0 Å². The van der Waals surface area contributed by atoms with E-state index < -0.39 is 10.1 Å². The van der Waals surface area contributed by atoms with E-state index in [0.717, 1.165) is 5.92 Å². The number of hydrogen-bond donors (Lipinski definition) is 1. The summed E-state index contributed by atoms with van der Waals surface area (Å²) in [5.74, 6) is 0.981. The van der Waals surface area contributed by atoms with Crippen molar-refractivity contribution < 1.29 is 17.9 Å². The van der Waals surface area contributed by atoms with Gasteiger partial charge in [0.15, 0.2) is 0 Å². The number of nitrogens with one attached hydrogen (secondary N) is 1. The standard InChI is InChI=1S/C12H25N.CH4O3S/c1-3-4-5-6-9-13-10-7-8-12(2)11-13;1-5(2,3)4/h12H,3-11H2,1-2H3;1H3,(H,2,3,4). The number of hydrogen-bond acceptors (Lipinski definition) is 3. The molecule has 0 saturated carbocycles. The summed E-state index contributed by atoms with van der Waals surface area (Å²) in [6, 6.07) is 0. The van der Waals surface area contributed by atoms with Crippen molar-refractivity contribution in [1.29, 1.82) is 0 Å². The van der Waals surface area contributed by atoms with E-state index in [4.69, 9.17) is 13.0 Å². The van der Waals surface area contributed by atoms with Crippen molar-refractivity contribution in [2.75, 3.05) is 25.9 Å². The van der Waals surface area contributed by atoms with Crippen molar-refractivity contribution in [1.82, 2.24) is 0 Å². The second kappa shape index (κ2) is 9.75. The Labute approximate surface area is 113 Å². The van der Waals surface area contributed by atoms with Crippen LogP contribution in [0.15, 0.2) is 0 Å². The van der Waals surface area contributed by atoms with Gasteiger partial charge in [-0.3, -0.25) is 0 Å². The van der Waals surface area contributed by atoms with Gasteiger partial charge in [0.2, 0.25) is 0 Å². The molecule has 1 heterocycles. The zero-order valence-electron chi connectivity index (χ0n) is 12.1. The number of unbranched alkanes of at least 4 members (excludes halogenated alkanes) is 3. The Bertz CT molecular complexity index is 283. The van der Waals surface area contributed by atoms with E-state index in [-0.39, 0.29) is 0 Å². The summed E-state index contributed by atoms with van der Waals surface area (Å²) in [7, 11) is -3.92. The average Bonchev–Trinajstić information content (AvgIpc) is 2.22. The molecule has 18 heavy (non-hydrogen) atoms. The largest absolute Gasteiger partial charge is 0.748 e. The lowest BCUT2D eigenvalue weighted by Gasteiger charge is -2.27. The zero-order chi connectivity index (χ0) is 14.0. The molecule has 0 bridgehead atoms. The first-order valence-corrected chi connectivity index (χ1v) is 8.89. The van der Waals surface area contributed by atoms with Gasteiger partial charge in [-0.2, -0.15) is 0 Å². The maximum Gasteiger partial charge on any atom is 0.0916 e.